The van der Waals surface area contributed by atoms with Crippen molar-refractivity contribution < 1.29 is 4.74 Å². The lowest BCUT2D eigenvalue weighted by Crippen LogP contribution is -2.28. The van der Waals surface area contributed by atoms with E-state index in [0.717, 1.165) is 37.8 Å². The molecule has 19 heavy (non-hydrogen) atoms. The summed E-state index contributed by atoms with van der Waals surface area (Å²) in [5, 5.41) is 3.40. The molecule has 0 aliphatic carbocycles. The second kappa shape index (κ2) is 8.17. The van der Waals surface area contributed by atoms with Crippen molar-refractivity contribution in [3.05, 3.63) is 11.9 Å². The molecule has 0 bridgehead atoms. The normalized spacial score (nSPS) is 12.9. The van der Waals surface area contributed by atoms with Crippen molar-refractivity contribution in [3.63, 3.8) is 0 Å². The van der Waals surface area contributed by atoms with Gasteiger partial charge in [-0.1, -0.05) is 13.8 Å². The van der Waals surface area contributed by atoms with E-state index in [1.54, 1.807) is 7.11 Å². The van der Waals surface area contributed by atoms with Crippen LogP contribution in [0.25, 0.3) is 0 Å². The molecule has 1 atom stereocenters. The zero-order valence-electron chi connectivity index (χ0n) is 12.9. The fraction of sp³-hybridized carbons (Fsp3) is 0.786. The number of hydrogen-bond donors (Lipinski definition) is 1. The summed E-state index contributed by atoms with van der Waals surface area (Å²) in [6.07, 6.45) is 2.10. The SMILES string of the molecule is CCN(CC)CCn1cc(C)nc1NC(C)COC. The molecule has 5 heteroatoms. The Morgan fingerprint density at radius 3 is 2.68 bits per heavy atom. The zero-order chi connectivity index (χ0) is 14.3. The number of aryl methyl sites for hydroxylation is 1. The fourth-order valence-corrected chi connectivity index (χ4v) is 2.13. The van der Waals surface area contributed by atoms with Gasteiger partial charge in [0.25, 0.3) is 0 Å². The second-order valence-electron chi connectivity index (χ2n) is 4.93. The van der Waals surface area contributed by atoms with E-state index in [1.807, 2.05) is 6.92 Å². The molecule has 1 unspecified atom stereocenters. The Morgan fingerprint density at radius 2 is 2.11 bits per heavy atom. The number of nitrogens with zero attached hydrogens (tertiary/aromatic N) is 3. The molecular weight excluding hydrogens is 240 g/mol. The Hall–Kier alpha value is -1.07. The number of nitrogens with one attached hydrogen (secondary N) is 1. The van der Waals surface area contributed by atoms with E-state index in [2.05, 4.69) is 46.7 Å². The first-order chi connectivity index (χ1) is 9.10. The summed E-state index contributed by atoms with van der Waals surface area (Å²) in [4.78, 5) is 6.95. The minimum Gasteiger partial charge on any atom is -0.383 e. The maximum atomic E-state index is 5.15. The Balaban J connectivity index is 2.62. The molecule has 5 nitrogen and oxygen atoms in total. The largest absolute Gasteiger partial charge is 0.383 e. The lowest BCUT2D eigenvalue weighted by Gasteiger charge is -2.20. The fourth-order valence-electron chi connectivity index (χ4n) is 2.13. The van der Waals surface area contributed by atoms with Gasteiger partial charge in [0.15, 0.2) is 0 Å². The molecule has 0 fully saturated rings. The predicted octanol–water partition coefficient (Wildman–Crippen LogP) is 1.98. The molecule has 0 spiro atoms. The van der Waals surface area contributed by atoms with E-state index in [9.17, 15) is 0 Å². The van der Waals surface area contributed by atoms with Crippen LogP contribution in [0.3, 0.4) is 0 Å². The van der Waals surface area contributed by atoms with Crippen LogP contribution < -0.4 is 5.32 Å². The molecule has 1 heterocycles. The van der Waals surface area contributed by atoms with Gasteiger partial charge in [-0.2, -0.15) is 0 Å². The highest BCUT2D eigenvalue weighted by Gasteiger charge is 2.09. The van der Waals surface area contributed by atoms with Gasteiger partial charge in [-0.25, -0.2) is 4.98 Å². The van der Waals surface area contributed by atoms with Crippen LogP contribution in [0.15, 0.2) is 6.20 Å². The first-order valence-electron chi connectivity index (χ1n) is 7.12. The number of likely N-dealkylation sites (N-methyl/N-ethyl adjacent to an activating group) is 1. The van der Waals surface area contributed by atoms with Crippen LogP contribution in [-0.2, 0) is 11.3 Å². The third-order valence-corrected chi connectivity index (χ3v) is 3.24. The molecule has 0 aliphatic rings. The average molecular weight is 268 g/mol. The molecule has 1 aromatic heterocycles. The van der Waals surface area contributed by atoms with Gasteiger partial charge in [-0.3, -0.25) is 0 Å². The standard InChI is InChI=1S/C14H28N4O/c1-6-17(7-2)8-9-18-10-12(3)15-14(18)16-13(4)11-19-5/h10,13H,6-9,11H2,1-5H3,(H,15,16). The molecule has 0 amide bonds. The molecule has 1 rings (SSSR count). The summed E-state index contributed by atoms with van der Waals surface area (Å²) < 4.78 is 7.34. The van der Waals surface area contributed by atoms with Crippen LogP contribution >= 0.6 is 0 Å². The summed E-state index contributed by atoms with van der Waals surface area (Å²) in [5.74, 6) is 0.939. The van der Waals surface area contributed by atoms with E-state index in [1.165, 1.54) is 0 Å². The van der Waals surface area contributed by atoms with Crippen molar-refractivity contribution in [2.24, 2.45) is 0 Å². The lowest BCUT2D eigenvalue weighted by atomic mass is 10.4. The van der Waals surface area contributed by atoms with Gasteiger partial charge in [0.1, 0.15) is 0 Å². The van der Waals surface area contributed by atoms with Gasteiger partial charge in [-0.15, -0.1) is 0 Å². The van der Waals surface area contributed by atoms with Crippen molar-refractivity contribution in [1.82, 2.24) is 14.5 Å². The van der Waals surface area contributed by atoms with Gasteiger partial charge < -0.3 is 19.5 Å². The van der Waals surface area contributed by atoms with Crippen LogP contribution in [0.2, 0.25) is 0 Å². The molecule has 0 saturated heterocycles. The van der Waals surface area contributed by atoms with Gasteiger partial charge in [0, 0.05) is 32.4 Å². The number of hydrogen-bond acceptors (Lipinski definition) is 4. The molecule has 0 saturated carbocycles. The first-order valence-corrected chi connectivity index (χ1v) is 7.12. The Kier molecular flexibility index (Phi) is 6.87. The molecule has 1 aromatic rings. The van der Waals surface area contributed by atoms with Crippen LogP contribution in [0.4, 0.5) is 5.95 Å². The molecule has 0 aromatic carbocycles. The van der Waals surface area contributed by atoms with Crippen molar-refractivity contribution >= 4 is 5.95 Å². The smallest absolute Gasteiger partial charge is 0.203 e. The zero-order valence-corrected chi connectivity index (χ0v) is 12.9. The highest BCUT2D eigenvalue weighted by atomic mass is 16.5. The molecule has 110 valence electrons. The number of imidazole rings is 1. The summed E-state index contributed by atoms with van der Waals surface area (Å²) in [6, 6.07) is 0.263. The highest BCUT2D eigenvalue weighted by molar-refractivity contribution is 5.30. The van der Waals surface area contributed by atoms with Crippen molar-refractivity contribution in [3.8, 4) is 0 Å². The summed E-state index contributed by atoms with van der Waals surface area (Å²) in [5.41, 5.74) is 1.05. The van der Waals surface area contributed by atoms with Crippen LogP contribution in [0, 0.1) is 6.92 Å². The second-order valence-corrected chi connectivity index (χ2v) is 4.93. The van der Waals surface area contributed by atoms with Crippen molar-refractivity contribution in [2.45, 2.75) is 40.3 Å². The van der Waals surface area contributed by atoms with E-state index in [4.69, 9.17) is 4.74 Å². The summed E-state index contributed by atoms with van der Waals surface area (Å²) in [6.45, 7) is 13.4. The maximum absolute atomic E-state index is 5.15. The summed E-state index contributed by atoms with van der Waals surface area (Å²) in [7, 11) is 1.72. The minimum atomic E-state index is 0.263. The number of methoxy groups -OCH3 is 1. The predicted molar refractivity (Wildman–Crippen MR) is 79.7 cm³/mol. The minimum absolute atomic E-state index is 0.263. The van der Waals surface area contributed by atoms with Crippen molar-refractivity contribution in [1.29, 1.82) is 0 Å². The van der Waals surface area contributed by atoms with Crippen LogP contribution in [0.1, 0.15) is 26.5 Å². The maximum Gasteiger partial charge on any atom is 0.203 e. The van der Waals surface area contributed by atoms with Gasteiger partial charge in [-0.05, 0) is 26.9 Å². The highest BCUT2D eigenvalue weighted by Crippen LogP contribution is 2.10. The number of rotatable bonds is 9. The summed E-state index contributed by atoms with van der Waals surface area (Å²) >= 11 is 0. The Bertz CT molecular complexity index is 360. The van der Waals surface area contributed by atoms with Crippen LogP contribution in [0.5, 0.6) is 0 Å². The molecule has 0 radical (unpaired) electrons. The van der Waals surface area contributed by atoms with Gasteiger partial charge >= 0.3 is 0 Å². The number of aromatic nitrogens is 2. The molecule has 0 aliphatic heterocycles. The van der Waals surface area contributed by atoms with Crippen molar-refractivity contribution in [2.75, 3.05) is 38.7 Å². The topological polar surface area (TPSA) is 42.3 Å². The lowest BCUT2D eigenvalue weighted by molar-refractivity contribution is 0.190. The number of anilines is 1. The molecule has 1 N–H and O–H groups in total. The molecular formula is C14H28N4O. The first kappa shape index (κ1) is 16.0. The Morgan fingerprint density at radius 1 is 1.42 bits per heavy atom. The van der Waals surface area contributed by atoms with E-state index in [-0.39, 0.29) is 6.04 Å². The third kappa shape index (κ3) is 5.20. The van der Waals surface area contributed by atoms with E-state index in [0.29, 0.717) is 6.61 Å². The van der Waals surface area contributed by atoms with E-state index < -0.39 is 0 Å². The van der Waals surface area contributed by atoms with Gasteiger partial charge in [0.2, 0.25) is 5.95 Å². The van der Waals surface area contributed by atoms with Gasteiger partial charge in [0.05, 0.1) is 12.3 Å². The number of ether oxygens (including phenoxy) is 1. The Labute approximate surface area is 117 Å². The third-order valence-electron chi connectivity index (χ3n) is 3.24. The average Bonchev–Trinajstić information content (AvgIpc) is 2.71. The van der Waals surface area contributed by atoms with E-state index >= 15 is 0 Å². The quantitative estimate of drug-likeness (QED) is 0.743. The van der Waals surface area contributed by atoms with Crippen LogP contribution in [-0.4, -0.2) is 53.8 Å². The monoisotopic (exact) mass is 268 g/mol.